The SMILES string of the molecule is CCNC1CCC(CC)CC1C(CCCO)OC(=O)C12OC1(CC(CO)=C(C)CCC1=CCNC(N)=C1)C(=O)c1ccccc1C2=O. The van der Waals surface area contributed by atoms with Gasteiger partial charge in [-0.05, 0) is 81.6 Å². The van der Waals surface area contributed by atoms with Crippen LogP contribution in [0.15, 0.2) is 59.0 Å². The first-order valence-electron chi connectivity index (χ1n) is 17.3. The van der Waals surface area contributed by atoms with Crippen LogP contribution in [0.4, 0.5) is 0 Å². The molecule has 0 spiro atoms. The third-order valence-electron chi connectivity index (χ3n) is 10.7. The number of aliphatic hydroxyl groups excluding tert-OH is 2. The van der Waals surface area contributed by atoms with Gasteiger partial charge in [-0.15, -0.1) is 0 Å². The number of ether oxygens (including phenoxy) is 2. The molecule has 0 bridgehead atoms. The molecule has 2 aliphatic carbocycles. The lowest BCUT2D eigenvalue weighted by molar-refractivity contribution is -0.159. The van der Waals surface area contributed by atoms with Crippen LogP contribution in [0.5, 0.6) is 0 Å². The number of ketones is 2. The predicted molar refractivity (Wildman–Crippen MR) is 178 cm³/mol. The fourth-order valence-electron chi connectivity index (χ4n) is 7.90. The summed E-state index contributed by atoms with van der Waals surface area (Å²) in [5.74, 6) is -0.848. The summed E-state index contributed by atoms with van der Waals surface area (Å²) in [4.78, 5) is 43.0. The molecular formula is C37H51N3O7. The van der Waals surface area contributed by atoms with Crippen LogP contribution < -0.4 is 16.4 Å². The highest BCUT2D eigenvalue weighted by Crippen LogP contribution is 2.59. The Morgan fingerprint density at radius 2 is 1.91 bits per heavy atom. The molecule has 0 aromatic heterocycles. The molecule has 1 saturated heterocycles. The summed E-state index contributed by atoms with van der Waals surface area (Å²) in [6.45, 7) is 7.11. The molecule has 0 amide bonds. The average Bonchev–Trinajstić information content (AvgIpc) is 3.79. The maximum absolute atomic E-state index is 14.5. The van der Waals surface area contributed by atoms with Crippen LogP contribution >= 0.6 is 0 Å². The van der Waals surface area contributed by atoms with Gasteiger partial charge in [0, 0.05) is 42.7 Å². The van der Waals surface area contributed by atoms with E-state index < -0.39 is 34.8 Å². The number of benzene rings is 1. The lowest BCUT2D eigenvalue weighted by atomic mass is 9.71. The smallest absolute Gasteiger partial charge is 0.350 e. The van der Waals surface area contributed by atoms with Gasteiger partial charge >= 0.3 is 5.97 Å². The number of aliphatic hydroxyl groups is 2. The van der Waals surface area contributed by atoms with Crippen molar-refractivity contribution in [3.63, 3.8) is 0 Å². The zero-order valence-corrected chi connectivity index (χ0v) is 28.0. The van der Waals surface area contributed by atoms with Crippen molar-refractivity contribution >= 4 is 17.5 Å². The van der Waals surface area contributed by atoms with Gasteiger partial charge in [-0.2, -0.15) is 0 Å². The fourth-order valence-corrected chi connectivity index (χ4v) is 7.90. The number of carbonyl (C=O) groups excluding carboxylic acids is 3. The average molecular weight is 650 g/mol. The minimum absolute atomic E-state index is 0.0158. The van der Waals surface area contributed by atoms with E-state index >= 15 is 0 Å². The molecule has 4 aliphatic rings. The molecule has 1 saturated carbocycles. The van der Waals surface area contributed by atoms with Crippen molar-refractivity contribution in [1.82, 2.24) is 10.6 Å². The molecule has 6 N–H and O–H groups in total. The van der Waals surface area contributed by atoms with Crippen molar-refractivity contribution in [3.05, 3.63) is 70.1 Å². The summed E-state index contributed by atoms with van der Waals surface area (Å²) in [5.41, 5.74) is 4.79. The van der Waals surface area contributed by atoms with Crippen molar-refractivity contribution in [2.45, 2.75) is 102 Å². The molecule has 10 heteroatoms. The molecule has 2 heterocycles. The van der Waals surface area contributed by atoms with Crippen LogP contribution in [-0.4, -0.2) is 77.4 Å². The Morgan fingerprint density at radius 3 is 2.57 bits per heavy atom. The second kappa shape index (κ2) is 14.8. The fraction of sp³-hybridized carbons (Fsp3) is 0.595. The minimum atomic E-state index is -2.14. The number of esters is 1. The number of allylic oxidation sites excluding steroid dienone is 3. The van der Waals surface area contributed by atoms with Crippen molar-refractivity contribution < 1.29 is 34.1 Å². The molecule has 2 fully saturated rings. The van der Waals surface area contributed by atoms with E-state index in [1.54, 1.807) is 24.3 Å². The molecule has 1 aromatic carbocycles. The molecule has 256 valence electrons. The monoisotopic (exact) mass is 649 g/mol. The van der Waals surface area contributed by atoms with Gasteiger partial charge in [-0.1, -0.05) is 56.2 Å². The third-order valence-corrected chi connectivity index (χ3v) is 10.7. The standard InChI is InChI=1S/C37H51N3O7/c1-4-24-14-15-30(39-5-2)29(19-24)31(11-8-18-41)46-35(45)37-34(44)28-10-7-6-9-27(28)33(43)36(37,47-37)21-26(22-42)23(3)12-13-25-16-17-40-32(38)20-25/h6-7,9-10,16,20,24,29-31,39-42H,4-5,8,11-15,17-19,21-22,38H2,1-3H3. The van der Waals surface area contributed by atoms with Gasteiger partial charge in [0.25, 0.3) is 5.60 Å². The van der Waals surface area contributed by atoms with Gasteiger partial charge in [0.1, 0.15) is 6.10 Å². The van der Waals surface area contributed by atoms with Crippen molar-refractivity contribution in [2.75, 3.05) is 26.3 Å². The number of hydrogen-bond donors (Lipinski definition) is 5. The lowest BCUT2D eigenvalue weighted by Gasteiger charge is -2.40. The zero-order valence-electron chi connectivity index (χ0n) is 28.0. The van der Waals surface area contributed by atoms with Crippen molar-refractivity contribution in [3.8, 4) is 0 Å². The number of epoxide rings is 1. The molecule has 1 aromatic rings. The Labute approximate surface area is 277 Å². The summed E-state index contributed by atoms with van der Waals surface area (Å²) in [5, 5.41) is 26.9. The van der Waals surface area contributed by atoms with Crippen LogP contribution in [0.25, 0.3) is 0 Å². The highest BCUT2D eigenvalue weighted by molar-refractivity contribution is 6.33. The maximum Gasteiger partial charge on any atom is 0.350 e. The summed E-state index contributed by atoms with van der Waals surface area (Å²) >= 11 is 0. The first-order valence-corrected chi connectivity index (χ1v) is 17.3. The molecule has 5 rings (SSSR count). The Hall–Kier alpha value is -3.31. The molecule has 10 nitrogen and oxygen atoms in total. The van der Waals surface area contributed by atoms with E-state index in [1.165, 1.54) is 0 Å². The molecule has 47 heavy (non-hydrogen) atoms. The van der Waals surface area contributed by atoms with Crippen LogP contribution in [0, 0.1) is 11.8 Å². The lowest BCUT2D eigenvalue weighted by Crippen LogP contribution is -2.53. The molecular weight excluding hydrogens is 598 g/mol. The van der Waals surface area contributed by atoms with E-state index in [4.69, 9.17) is 15.2 Å². The minimum Gasteiger partial charge on any atom is -0.459 e. The van der Waals surface area contributed by atoms with E-state index in [0.717, 1.165) is 43.4 Å². The molecule has 2 aliphatic heterocycles. The maximum atomic E-state index is 14.5. The number of carbonyl (C=O) groups is 3. The Kier molecular flexibility index (Phi) is 11.1. The number of rotatable bonds is 15. The number of nitrogens with two attached hydrogens (primary N) is 1. The summed E-state index contributed by atoms with van der Waals surface area (Å²) in [6, 6.07) is 6.61. The van der Waals surface area contributed by atoms with E-state index in [2.05, 4.69) is 30.6 Å². The third kappa shape index (κ3) is 6.70. The van der Waals surface area contributed by atoms with Crippen molar-refractivity contribution in [1.29, 1.82) is 0 Å². The second-order valence-corrected chi connectivity index (χ2v) is 13.5. The topological polar surface area (TPSA) is 164 Å². The zero-order chi connectivity index (χ0) is 33.8. The molecule has 6 atom stereocenters. The quantitative estimate of drug-likeness (QED) is 0.0816. The van der Waals surface area contributed by atoms with Gasteiger partial charge in [0.15, 0.2) is 11.4 Å². The summed E-state index contributed by atoms with van der Waals surface area (Å²) in [6.07, 6.45) is 9.28. The van der Waals surface area contributed by atoms with Crippen LogP contribution in [-0.2, 0) is 14.3 Å². The summed E-state index contributed by atoms with van der Waals surface area (Å²) < 4.78 is 12.5. The summed E-state index contributed by atoms with van der Waals surface area (Å²) in [7, 11) is 0. The highest BCUT2D eigenvalue weighted by Gasteiger charge is 2.85. The molecule has 0 radical (unpaired) electrons. The predicted octanol–water partition coefficient (Wildman–Crippen LogP) is 3.87. The Morgan fingerprint density at radius 1 is 1.17 bits per heavy atom. The molecule has 6 unspecified atom stereocenters. The van der Waals surface area contributed by atoms with Crippen LogP contribution in [0.2, 0.25) is 0 Å². The van der Waals surface area contributed by atoms with E-state index in [9.17, 15) is 24.6 Å². The Balaban J connectivity index is 1.47. The number of hydrogen-bond acceptors (Lipinski definition) is 10. The normalized spacial score (nSPS) is 29.4. The van der Waals surface area contributed by atoms with Gasteiger partial charge in [-0.25, -0.2) is 4.79 Å². The number of dihydropyridines is 1. The van der Waals surface area contributed by atoms with Gasteiger partial charge in [0.2, 0.25) is 5.78 Å². The number of nitrogens with one attached hydrogen (secondary N) is 2. The highest BCUT2D eigenvalue weighted by atomic mass is 16.7. The second-order valence-electron chi connectivity index (χ2n) is 13.5. The van der Waals surface area contributed by atoms with E-state index in [-0.39, 0.29) is 42.7 Å². The Bertz CT molecular complexity index is 1450. The number of Topliss-reactive ketones (excluding diaryl/α,β-unsaturated/α-hetero) is 2. The largest absolute Gasteiger partial charge is 0.459 e. The van der Waals surface area contributed by atoms with Gasteiger partial charge in [-0.3, -0.25) is 9.59 Å². The van der Waals surface area contributed by atoms with Crippen LogP contribution in [0.1, 0.15) is 99.3 Å². The van der Waals surface area contributed by atoms with E-state index in [1.807, 2.05) is 13.0 Å². The first kappa shape index (κ1) is 35.0. The van der Waals surface area contributed by atoms with Gasteiger partial charge < -0.3 is 36.1 Å². The number of fused-ring (bicyclic) bond motifs is 2. The first-order chi connectivity index (χ1) is 22.6. The van der Waals surface area contributed by atoms with Gasteiger partial charge in [0.05, 0.1) is 12.4 Å². The van der Waals surface area contributed by atoms with E-state index in [0.29, 0.717) is 49.5 Å². The van der Waals surface area contributed by atoms with Crippen molar-refractivity contribution in [2.24, 2.45) is 17.6 Å². The van der Waals surface area contributed by atoms with Crippen LogP contribution in [0.3, 0.4) is 0 Å².